The van der Waals surface area contributed by atoms with Crippen LogP contribution < -0.4 is 0 Å². The molecule has 0 bridgehead atoms. The second-order valence-electron chi connectivity index (χ2n) is 3.23. The molecule has 0 radical (unpaired) electrons. The fourth-order valence-electron chi connectivity index (χ4n) is 1.33. The molecule has 0 aromatic rings. The van der Waals surface area contributed by atoms with E-state index in [2.05, 4.69) is 4.18 Å². The van der Waals surface area contributed by atoms with E-state index in [-0.39, 0.29) is 12.6 Å². The van der Waals surface area contributed by atoms with Gasteiger partial charge in [0.1, 0.15) is 0 Å². The largest absolute Gasteiger partial charge is 0.465 e. The van der Waals surface area contributed by atoms with Gasteiger partial charge in [0.25, 0.3) is 10.1 Å². The summed E-state index contributed by atoms with van der Waals surface area (Å²) >= 11 is 0. The topological polar surface area (TPSA) is 83.9 Å². The molecule has 1 fully saturated rings. The molecule has 1 N–H and O–H groups in total. The lowest BCUT2D eigenvalue weighted by Crippen LogP contribution is -2.50. The summed E-state index contributed by atoms with van der Waals surface area (Å²) in [6.45, 7) is 0.576. The van der Waals surface area contributed by atoms with Gasteiger partial charge in [-0.15, -0.1) is 0 Å². The third kappa shape index (κ3) is 3.15. The molecule has 0 aliphatic carbocycles. The van der Waals surface area contributed by atoms with Crippen molar-refractivity contribution >= 4 is 16.2 Å². The summed E-state index contributed by atoms with van der Waals surface area (Å²) in [5.41, 5.74) is 0. The summed E-state index contributed by atoms with van der Waals surface area (Å²) in [7, 11) is -3.41. The third-order valence-electron chi connectivity index (χ3n) is 2.14. The van der Waals surface area contributed by atoms with Gasteiger partial charge in [-0.3, -0.25) is 4.18 Å². The summed E-state index contributed by atoms with van der Waals surface area (Å²) in [4.78, 5) is 11.8. The van der Waals surface area contributed by atoms with Gasteiger partial charge in [0, 0.05) is 12.6 Å². The van der Waals surface area contributed by atoms with Gasteiger partial charge in [0.15, 0.2) is 0 Å². The van der Waals surface area contributed by atoms with Crippen molar-refractivity contribution < 1.29 is 22.5 Å². The van der Waals surface area contributed by atoms with E-state index in [0.717, 1.165) is 12.7 Å². The van der Waals surface area contributed by atoms with Gasteiger partial charge in [0.05, 0.1) is 12.9 Å². The SMILES string of the molecule is CS(=O)(=O)OCCC1CCN1C(=O)O. The molecule has 0 saturated carbocycles. The molecule has 1 saturated heterocycles. The van der Waals surface area contributed by atoms with Crippen LogP contribution in [0.5, 0.6) is 0 Å². The minimum atomic E-state index is -3.41. The quantitative estimate of drug-likeness (QED) is 0.683. The van der Waals surface area contributed by atoms with Gasteiger partial charge in [-0.2, -0.15) is 8.42 Å². The Morgan fingerprint density at radius 3 is 2.64 bits per heavy atom. The molecule has 0 spiro atoms. The van der Waals surface area contributed by atoms with Crippen LogP contribution in [-0.4, -0.2) is 50.0 Å². The zero-order valence-electron chi connectivity index (χ0n) is 7.84. The fourth-order valence-corrected chi connectivity index (χ4v) is 1.73. The van der Waals surface area contributed by atoms with Gasteiger partial charge in [0.2, 0.25) is 0 Å². The van der Waals surface area contributed by atoms with E-state index < -0.39 is 16.2 Å². The number of amides is 1. The van der Waals surface area contributed by atoms with E-state index in [1.54, 1.807) is 0 Å². The van der Waals surface area contributed by atoms with Crippen molar-refractivity contribution in [3.63, 3.8) is 0 Å². The maximum atomic E-state index is 10.6. The number of hydrogen-bond acceptors (Lipinski definition) is 4. The van der Waals surface area contributed by atoms with Gasteiger partial charge in [-0.1, -0.05) is 0 Å². The van der Waals surface area contributed by atoms with Crippen LogP contribution in [0.15, 0.2) is 0 Å². The lowest BCUT2D eigenvalue weighted by atomic mass is 10.0. The minimum absolute atomic E-state index is 0.0489. The van der Waals surface area contributed by atoms with Gasteiger partial charge in [-0.25, -0.2) is 4.79 Å². The number of rotatable bonds is 4. The molecule has 6 nitrogen and oxygen atoms in total. The van der Waals surface area contributed by atoms with E-state index in [4.69, 9.17) is 5.11 Å². The Kier molecular flexibility index (Phi) is 3.33. The Hall–Kier alpha value is -0.820. The van der Waals surface area contributed by atoms with Crippen LogP contribution in [-0.2, 0) is 14.3 Å². The monoisotopic (exact) mass is 223 g/mol. The molecule has 0 aromatic carbocycles. The number of hydrogen-bond donors (Lipinski definition) is 1. The predicted molar refractivity (Wildman–Crippen MR) is 48.5 cm³/mol. The Morgan fingerprint density at radius 1 is 1.64 bits per heavy atom. The molecule has 1 rings (SSSR count). The van der Waals surface area contributed by atoms with Gasteiger partial charge >= 0.3 is 6.09 Å². The van der Waals surface area contributed by atoms with Crippen molar-refractivity contribution in [2.24, 2.45) is 0 Å². The zero-order chi connectivity index (χ0) is 10.8. The Balaban J connectivity index is 2.23. The smallest absolute Gasteiger partial charge is 0.407 e. The average Bonchev–Trinajstić information content (AvgIpc) is 1.92. The first kappa shape index (κ1) is 11.3. The summed E-state index contributed by atoms with van der Waals surface area (Å²) in [5, 5.41) is 8.63. The van der Waals surface area contributed by atoms with Crippen molar-refractivity contribution in [1.29, 1.82) is 0 Å². The van der Waals surface area contributed by atoms with Gasteiger partial charge in [-0.05, 0) is 12.8 Å². The molecule has 1 unspecified atom stereocenters. The van der Waals surface area contributed by atoms with Crippen LogP contribution in [0.25, 0.3) is 0 Å². The highest BCUT2D eigenvalue weighted by Crippen LogP contribution is 2.20. The average molecular weight is 223 g/mol. The Labute approximate surface area is 82.6 Å². The molecule has 14 heavy (non-hydrogen) atoms. The standard InChI is InChI=1S/C7H13NO5S/c1-14(11,12)13-5-3-6-2-4-8(6)7(9)10/h6H,2-5H2,1H3,(H,9,10). The van der Waals surface area contributed by atoms with Crippen LogP contribution in [0, 0.1) is 0 Å². The molecule has 7 heteroatoms. The number of carboxylic acid groups (broad SMARTS) is 1. The van der Waals surface area contributed by atoms with Crippen molar-refractivity contribution in [2.45, 2.75) is 18.9 Å². The van der Waals surface area contributed by atoms with E-state index in [1.165, 1.54) is 4.90 Å². The molecule has 1 aliphatic heterocycles. The molecule has 1 amide bonds. The van der Waals surface area contributed by atoms with Crippen molar-refractivity contribution in [1.82, 2.24) is 4.90 Å². The number of likely N-dealkylation sites (tertiary alicyclic amines) is 1. The molecule has 1 heterocycles. The van der Waals surface area contributed by atoms with E-state index >= 15 is 0 Å². The molecule has 82 valence electrons. The lowest BCUT2D eigenvalue weighted by Gasteiger charge is -2.38. The van der Waals surface area contributed by atoms with Crippen LogP contribution in [0.3, 0.4) is 0 Å². The van der Waals surface area contributed by atoms with E-state index in [1.807, 2.05) is 0 Å². The highest BCUT2D eigenvalue weighted by atomic mass is 32.2. The van der Waals surface area contributed by atoms with Crippen molar-refractivity contribution in [3.8, 4) is 0 Å². The van der Waals surface area contributed by atoms with Crippen molar-refractivity contribution in [2.75, 3.05) is 19.4 Å². The van der Waals surface area contributed by atoms with Crippen LogP contribution in [0.1, 0.15) is 12.8 Å². The predicted octanol–water partition coefficient (Wildman–Crippen LogP) is 0.105. The maximum Gasteiger partial charge on any atom is 0.407 e. The second-order valence-corrected chi connectivity index (χ2v) is 4.88. The fraction of sp³-hybridized carbons (Fsp3) is 0.857. The molecule has 0 aromatic heterocycles. The number of nitrogens with zero attached hydrogens (tertiary/aromatic N) is 1. The van der Waals surface area contributed by atoms with Crippen molar-refractivity contribution in [3.05, 3.63) is 0 Å². The highest BCUT2D eigenvalue weighted by molar-refractivity contribution is 7.85. The highest BCUT2D eigenvalue weighted by Gasteiger charge is 2.31. The Morgan fingerprint density at radius 2 is 2.29 bits per heavy atom. The Bertz CT molecular complexity index is 312. The first-order valence-corrected chi connectivity index (χ1v) is 6.06. The maximum absolute atomic E-state index is 10.6. The molecule has 1 aliphatic rings. The summed E-state index contributed by atoms with van der Waals surface area (Å²) < 4.78 is 25.7. The van der Waals surface area contributed by atoms with E-state index in [9.17, 15) is 13.2 Å². The normalized spacial score (nSPS) is 21.8. The number of carbonyl (C=O) groups is 1. The molecular formula is C7H13NO5S. The minimum Gasteiger partial charge on any atom is -0.465 e. The summed E-state index contributed by atoms with van der Waals surface area (Å²) in [6, 6.07) is -0.0887. The van der Waals surface area contributed by atoms with Crippen LogP contribution in [0.2, 0.25) is 0 Å². The van der Waals surface area contributed by atoms with Gasteiger partial charge < -0.3 is 10.0 Å². The summed E-state index contributed by atoms with van der Waals surface area (Å²) in [6.07, 6.45) is 1.22. The molecule has 1 atom stereocenters. The molecular weight excluding hydrogens is 210 g/mol. The second kappa shape index (κ2) is 4.14. The zero-order valence-corrected chi connectivity index (χ0v) is 8.66. The lowest BCUT2D eigenvalue weighted by molar-refractivity contribution is 0.0651. The van der Waals surface area contributed by atoms with E-state index in [0.29, 0.717) is 13.0 Å². The first-order chi connectivity index (χ1) is 6.40. The first-order valence-electron chi connectivity index (χ1n) is 4.24. The third-order valence-corrected chi connectivity index (χ3v) is 2.73. The summed E-state index contributed by atoms with van der Waals surface area (Å²) in [5.74, 6) is 0. The van der Waals surface area contributed by atoms with Crippen LogP contribution in [0.4, 0.5) is 4.79 Å². The van der Waals surface area contributed by atoms with Crippen LogP contribution >= 0.6 is 0 Å².